The fourth-order valence-corrected chi connectivity index (χ4v) is 2.62. The molecular weight excluding hydrogens is 278 g/mol. The third kappa shape index (κ3) is 3.97. The zero-order valence-corrected chi connectivity index (χ0v) is 11.9. The highest BCUT2D eigenvalue weighted by Crippen LogP contribution is 2.49. The van der Waals surface area contributed by atoms with Gasteiger partial charge in [0.1, 0.15) is 0 Å². The zero-order valence-electron chi connectivity index (χ0n) is 11.1. The van der Waals surface area contributed by atoms with Gasteiger partial charge in [-0.15, -0.1) is 0 Å². The molecule has 1 fully saturated rings. The maximum Gasteiger partial charge on any atom is 0.303 e. The first-order chi connectivity index (χ1) is 9.59. The lowest BCUT2D eigenvalue weighted by Crippen LogP contribution is -2.26. The van der Waals surface area contributed by atoms with Crippen LogP contribution in [0.4, 0.5) is 0 Å². The molecule has 2 atom stereocenters. The van der Waals surface area contributed by atoms with Crippen LogP contribution in [0.15, 0.2) is 24.3 Å². The van der Waals surface area contributed by atoms with E-state index in [4.69, 9.17) is 16.7 Å². The predicted octanol–water partition coefficient (Wildman–Crippen LogP) is 2.81. The van der Waals surface area contributed by atoms with Crippen LogP contribution in [0.2, 0.25) is 5.02 Å². The summed E-state index contributed by atoms with van der Waals surface area (Å²) in [5, 5.41) is 12.1. The summed E-state index contributed by atoms with van der Waals surface area (Å²) in [6.45, 7) is 0.540. The van der Waals surface area contributed by atoms with E-state index in [0.29, 0.717) is 24.4 Å². The monoisotopic (exact) mass is 295 g/mol. The highest BCUT2D eigenvalue weighted by atomic mass is 35.5. The van der Waals surface area contributed by atoms with Gasteiger partial charge in [0, 0.05) is 23.9 Å². The number of rotatable bonds is 7. The molecule has 0 unspecified atom stereocenters. The summed E-state index contributed by atoms with van der Waals surface area (Å²) in [5.41, 5.74) is 1.04. The number of amides is 1. The fourth-order valence-electron chi connectivity index (χ4n) is 2.35. The summed E-state index contributed by atoms with van der Waals surface area (Å²) in [6, 6.07) is 7.62. The van der Waals surface area contributed by atoms with Gasteiger partial charge in [0.2, 0.25) is 5.91 Å². The molecule has 1 aromatic carbocycles. The molecule has 2 rings (SSSR count). The second-order valence-electron chi connectivity index (χ2n) is 5.11. The number of carbonyl (C=O) groups excluding carboxylic acids is 1. The number of hydrogen-bond acceptors (Lipinski definition) is 2. The van der Waals surface area contributed by atoms with E-state index in [1.165, 1.54) is 0 Å². The Kier molecular flexibility index (Phi) is 5.01. The first-order valence-corrected chi connectivity index (χ1v) is 7.21. The van der Waals surface area contributed by atoms with Crippen LogP contribution in [0.1, 0.15) is 37.2 Å². The Labute approximate surface area is 123 Å². The third-order valence-electron chi connectivity index (χ3n) is 3.55. The minimum Gasteiger partial charge on any atom is -0.481 e. The molecule has 4 nitrogen and oxygen atoms in total. The Morgan fingerprint density at radius 3 is 2.75 bits per heavy atom. The number of nitrogens with one attached hydrogen (secondary N) is 1. The van der Waals surface area contributed by atoms with E-state index in [1.54, 1.807) is 0 Å². The highest BCUT2D eigenvalue weighted by Gasteiger charge is 2.44. The fraction of sp³-hybridized carbons (Fsp3) is 0.467. The topological polar surface area (TPSA) is 66.4 Å². The second-order valence-corrected chi connectivity index (χ2v) is 5.52. The molecule has 20 heavy (non-hydrogen) atoms. The number of carboxylic acid groups (broad SMARTS) is 1. The molecule has 1 aliphatic rings. The lowest BCUT2D eigenvalue weighted by molar-refractivity contribution is -0.137. The molecule has 0 aromatic heterocycles. The Morgan fingerprint density at radius 2 is 2.05 bits per heavy atom. The van der Waals surface area contributed by atoms with Crippen molar-refractivity contribution in [2.75, 3.05) is 6.54 Å². The number of benzene rings is 1. The van der Waals surface area contributed by atoms with E-state index in [1.807, 2.05) is 24.3 Å². The summed E-state index contributed by atoms with van der Waals surface area (Å²) < 4.78 is 0. The van der Waals surface area contributed by atoms with Crippen molar-refractivity contribution in [3.63, 3.8) is 0 Å². The van der Waals surface area contributed by atoms with Gasteiger partial charge in [-0.05, 0) is 36.8 Å². The van der Waals surface area contributed by atoms with Gasteiger partial charge in [0.25, 0.3) is 0 Å². The maximum atomic E-state index is 11.9. The summed E-state index contributed by atoms with van der Waals surface area (Å²) in [7, 11) is 0. The van der Waals surface area contributed by atoms with Gasteiger partial charge in [-0.2, -0.15) is 0 Å². The number of carboxylic acids is 1. The van der Waals surface area contributed by atoms with Crippen LogP contribution in [0.5, 0.6) is 0 Å². The molecule has 1 amide bonds. The summed E-state index contributed by atoms with van der Waals surface area (Å²) in [6.07, 6.45) is 2.28. The SMILES string of the molecule is O=C(O)CCCCNC(=O)[C@H]1C[C@H]1c1ccccc1Cl. The van der Waals surface area contributed by atoms with Gasteiger partial charge in [-0.1, -0.05) is 29.8 Å². The number of aliphatic carboxylic acids is 1. The Balaban J connectivity index is 1.71. The average Bonchev–Trinajstić information content (AvgIpc) is 3.18. The molecule has 0 spiro atoms. The van der Waals surface area contributed by atoms with Crippen LogP contribution in [0, 0.1) is 5.92 Å². The number of carbonyl (C=O) groups is 2. The van der Waals surface area contributed by atoms with Crippen LogP contribution < -0.4 is 5.32 Å². The first kappa shape index (κ1) is 14.9. The van der Waals surface area contributed by atoms with Crippen LogP contribution >= 0.6 is 11.6 Å². The zero-order chi connectivity index (χ0) is 14.5. The molecule has 0 heterocycles. The van der Waals surface area contributed by atoms with Crippen molar-refractivity contribution in [3.8, 4) is 0 Å². The van der Waals surface area contributed by atoms with Crippen molar-refractivity contribution in [2.24, 2.45) is 5.92 Å². The van der Waals surface area contributed by atoms with Gasteiger partial charge in [0.15, 0.2) is 0 Å². The summed E-state index contributed by atoms with van der Waals surface area (Å²) in [5.74, 6) is -0.514. The number of unbranched alkanes of at least 4 members (excludes halogenated alkanes) is 1. The molecule has 5 heteroatoms. The molecule has 0 bridgehead atoms. The van der Waals surface area contributed by atoms with Crippen LogP contribution in [-0.2, 0) is 9.59 Å². The van der Waals surface area contributed by atoms with Crippen LogP contribution in [-0.4, -0.2) is 23.5 Å². The summed E-state index contributed by atoms with van der Waals surface area (Å²) in [4.78, 5) is 22.3. The second kappa shape index (κ2) is 6.75. The van der Waals surface area contributed by atoms with Gasteiger partial charge in [-0.25, -0.2) is 0 Å². The molecular formula is C15H18ClNO3. The Morgan fingerprint density at radius 1 is 1.30 bits per heavy atom. The van der Waals surface area contributed by atoms with Crippen molar-refractivity contribution in [3.05, 3.63) is 34.9 Å². The maximum absolute atomic E-state index is 11.9. The van der Waals surface area contributed by atoms with Gasteiger partial charge < -0.3 is 10.4 Å². The predicted molar refractivity (Wildman–Crippen MR) is 76.8 cm³/mol. The van der Waals surface area contributed by atoms with Gasteiger partial charge in [-0.3, -0.25) is 9.59 Å². The van der Waals surface area contributed by atoms with Crippen molar-refractivity contribution >= 4 is 23.5 Å². The number of hydrogen-bond donors (Lipinski definition) is 2. The van der Waals surface area contributed by atoms with Crippen molar-refractivity contribution < 1.29 is 14.7 Å². The molecule has 0 radical (unpaired) electrons. The van der Waals surface area contributed by atoms with E-state index in [2.05, 4.69) is 5.32 Å². The third-order valence-corrected chi connectivity index (χ3v) is 3.89. The largest absolute Gasteiger partial charge is 0.481 e. The average molecular weight is 296 g/mol. The molecule has 1 saturated carbocycles. The lowest BCUT2D eigenvalue weighted by atomic mass is 10.1. The normalized spacial score (nSPS) is 20.4. The number of halogens is 1. The Bertz CT molecular complexity index is 504. The van der Waals surface area contributed by atoms with E-state index in [-0.39, 0.29) is 24.2 Å². The minimum absolute atomic E-state index is 0.00868. The van der Waals surface area contributed by atoms with Crippen molar-refractivity contribution in [1.29, 1.82) is 0 Å². The molecule has 108 valence electrons. The summed E-state index contributed by atoms with van der Waals surface area (Å²) >= 11 is 6.12. The molecule has 1 aromatic rings. The van der Waals surface area contributed by atoms with E-state index >= 15 is 0 Å². The van der Waals surface area contributed by atoms with E-state index < -0.39 is 5.97 Å². The van der Waals surface area contributed by atoms with Crippen molar-refractivity contribution in [1.82, 2.24) is 5.32 Å². The Hall–Kier alpha value is -1.55. The standard InChI is InChI=1S/C15H18ClNO3/c16-13-6-2-1-5-10(13)11-9-12(11)15(20)17-8-4-3-7-14(18)19/h1-2,5-6,11-12H,3-4,7-9H2,(H,17,20)(H,18,19)/t11-,12-/m0/s1. The molecule has 0 saturated heterocycles. The highest BCUT2D eigenvalue weighted by molar-refractivity contribution is 6.31. The van der Waals surface area contributed by atoms with Gasteiger partial charge >= 0.3 is 5.97 Å². The minimum atomic E-state index is -0.794. The quantitative estimate of drug-likeness (QED) is 0.760. The lowest BCUT2D eigenvalue weighted by Gasteiger charge is -2.05. The van der Waals surface area contributed by atoms with Crippen LogP contribution in [0.25, 0.3) is 0 Å². The van der Waals surface area contributed by atoms with Crippen molar-refractivity contribution in [2.45, 2.75) is 31.6 Å². The van der Waals surface area contributed by atoms with Crippen LogP contribution in [0.3, 0.4) is 0 Å². The van der Waals surface area contributed by atoms with E-state index in [0.717, 1.165) is 12.0 Å². The van der Waals surface area contributed by atoms with Gasteiger partial charge in [0.05, 0.1) is 0 Å². The smallest absolute Gasteiger partial charge is 0.303 e. The first-order valence-electron chi connectivity index (χ1n) is 6.83. The molecule has 2 N–H and O–H groups in total. The van der Waals surface area contributed by atoms with E-state index in [9.17, 15) is 9.59 Å². The molecule has 1 aliphatic carbocycles. The molecule has 0 aliphatic heterocycles.